The number of benzene rings is 1. The minimum Gasteiger partial charge on any atom is -0.467 e. The number of fused-ring (bicyclic) bond motifs is 1. The van der Waals surface area contributed by atoms with Gasteiger partial charge in [-0.25, -0.2) is 4.39 Å². The second-order valence-corrected chi connectivity index (χ2v) is 6.24. The zero-order valence-corrected chi connectivity index (χ0v) is 18.3. The van der Waals surface area contributed by atoms with Gasteiger partial charge in [0.15, 0.2) is 12.8 Å². The van der Waals surface area contributed by atoms with Gasteiger partial charge >= 0.3 is 0 Å². The second kappa shape index (κ2) is 12.3. The number of hydrogen-bond acceptors (Lipinski definition) is 3. The topological polar surface area (TPSA) is 54.9 Å². The van der Waals surface area contributed by atoms with Crippen LogP contribution in [0.1, 0.15) is 44.7 Å². The maximum Gasteiger partial charge on any atom is 0.191 e. The summed E-state index contributed by atoms with van der Waals surface area (Å²) in [6.45, 7) is 9.34. The van der Waals surface area contributed by atoms with Gasteiger partial charge in [-0.15, -0.1) is 24.0 Å². The van der Waals surface area contributed by atoms with Crippen molar-refractivity contribution in [3.05, 3.63) is 29.1 Å². The first kappa shape index (κ1) is 23.0. The molecule has 1 aliphatic heterocycles. The van der Waals surface area contributed by atoms with Gasteiger partial charge in [-0.1, -0.05) is 26.7 Å². The first-order valence-electron chi connectivity index (χ1n) is 9.21. The summed E-state index contributed by atoms with van der Waals surface area (Å²) in [4.78, 5) is 4.66. The van der Waals surface area contributed by atoms with E-state index in [0.29, 0.717) is 25.5 Å². The Morgan fingerprint density at radius 2 is 2.00 bits per heavy atom. The molecule has 0 amide bonds. The molecule has 2 N–H and O–H groups in total. The van der Waals surface area contributed by atoms with E-state index in [-0.39, 0.29) is 36.6 Å². The number of aliphatic imine (C=N–C) groups is 1. The van der Waals surface area contributed by atoms with Crippen molar-refractivity contribution < 1.29 is 13.9 Å². The molecule has 0 atom stereocenters. The molecule has 1 heterocycles. The molecule has 5 nitrogen and oxygen atoms in total. The Balaban J connectivity index is 0.00000338. The summed E-state index contributed by atoms with van der Waals surface area (Å²) in [6.07, 6.45) is 2.93. The van der Waals surface area contributed by atoms with Crippen LogP contribution >= 0.6 is 24.0 Å². The molecule has 1 aromatic rings. The molecule has 1 aromatic carbocycles. The number of hydrogen-bond donors (Lipinski definition) is 2. The Bertz CT molecular complexity index is 580. The summed E-state index contributed by atoms with van der Waals surface area (Å²) < 4.78 is 24.6. The smallest absolute Gasteiger partial charge is 0.191 e. The zero-order chi connectivity index (χ0) is 18.1. The van der Waals surface area contributed by atoms with Gasteiger partial charge in [0.1, 0.15) is 11.6 Å². The lowest BCUT2D eigenvalue weighted by Crippen LogP contribution is -2.38. The first-order valence-corrected chi connectivity index (χ1v) is 9.21. The number of nitrogens with zero attached hydrogens (tertiary/aromatic N) is 1. The van der Waals surface area contributed by atoms with E-state index in [1.54, 1.807) is 6.07 Å². The molecule has 0 unspecified atom stereocenters. The van der Waals surface area contributed by atoms with E-state index in [2.05, 4.69) is 29.5 Å². The largest absolute Gasteiger partial charge is 0.467 e. The van der Waals surface area contributed by atoms with Crippen molar-refractivity contribution in [2.75, 3.05) is 26.4 Å². The number of ether oxygens (including phenoxy) is 2. The third kappa shape index (κ3) is 6.90. The monoisotopic (exact) mass is 479 g/mol. The van der Waals surface area contributed by atoms with Crippen LogP contribution in [0, 0.1) is 11.7 Å². The summed E-state index contributed by atoms with van der Waals surface area (Å²) in [5.74, 6) is 1.92. The number of rotatable bonds is 8. The highest BCUT2D eigenvalue weighted by Crippen LogP contribution is 2.29. The molecule has 26 heavy (non-hydrogen) atoms. The van der Waals surface area contributed by atoms with E-state index in [1.165, 1.54) is 6.07 Å². The fourth-order valence-electron chi connectivity index (χ4n) is 2.87. The lowest BCUT2D eigenvalue weighted by atomic mass is 10.0. The van der Waals surface area contributed by atoms with E-state index in [1.807, 2.05) is 6.92 Å². The Morgan fingerprint density at radius 1 is 1.23 bits per heavy atom. The van der Waals surface area contributed by atoms with Gasteiger partial charge < -0.3 is 20.1 Å². The molecule has 0 aliphatic carbocycles. The third-order valence-electron chi connectivity index (χ3n) is 4.45. The van der Waals surface area contributed by atoms with Gasteiger partial charge in [0.05, 0.1) is 6.61 Å². The quantitative estimate of drug-likeness (QED) is 0.338. The Kier molecular flexibility index (Phi) is 10.9. The summed E-state index contributed by atoms with van der Waals surface area (Å²) in [5, 5.41) is 6.59. The normalized spacial score (nSPS) is 13.7. The number of nitrogens with one attached hydrogen (secondary N) is 2. The van der Waals surface area contributed by atoms with Crippen LogP contribution in [0.2, 0.25) is 0 Å². The number of guanidine groups is 1. The Morgan fingerprint density at radius 3 is 2.69 bits per heavy atom. The van der Waals surface area contributed by atoms with E-state index >= 15 is 0 Å². The minimum atomic E-state index is -0.253. The molecule has 2 rings (SSSR count). The molecule has 148 valence electrons. The van der Waals surface area contributed by atoms with Crippen LogP contribution in [0.3, 0.4) is 0 Å². The van der Waals surface area contributed by atoms with Crippen molar-refractivity contribution in [3.63, 3.8) is 0 Å². The van der Waals surface area contributed by atoms with Crippen LogP contribution in [-0.2, 0) is 17.8 Å². The van der Waals surface area contributed by atoms with Gasteiger partial charge in [-0.05, 0) is 37.0 Å². The molecule has 0 saturated heterocycles. The molecule has 1 aliphatic rings. The second-order valence-electron chi connectivity index (χ2n) is 6.24. The lowest BCUT2D eigenvalue weighted by molar-refractivity contribution is -0.0172. The number of halogens is 2. The van der Waals surface area contributed by atoms with Crippen molar-refractivity contribution in [1.29, 1.82) is 0 Å². The van der Waals surface area contributed by atoms with Crippen molar-refractivity contribution in [3.8, 4) is 5.75 Å². The van der Waals surface area contributed by atoms with Crippen LogP contribution < -0.4 is 15.4 Å². The standard InChI is InChI=1S/C19H30FN3O2.HI/c1-4-14(5-2)11-23-19(21-6-3)22-8-7-15-9-17(20)10-16-12-24-13-25-18(15)16;/h9-10,14H,4-8,11-13H2,1-3H3,(H2,21,22,23);1H. The first-order chi connectivity index (χ1) is 12.2. The van der Waals surface area contributed by atoms with Crippen molar-refractivity contribution in [2.45, 2.75) is 46.6 Å². The van der Waals surface area contributed by atoms with Gasteiger partial charge in [-0.2, -0.15) is 0 Å². The lowest BCUT2D eigenvalue weighted by Gasteiger charge is -2.21. The Hall–Kier alpha value is -1.09. The summed E-state index contributed by atoms with van der Waals surface area (Å²) in [6, 6.07) is 3.02. The minimum absolute atomic E-state index is 0. The van der Waals surface area contributed by atoms with Crippen LogP contribution in [0.15, 0.2) is 17.1 Å². The Labute approximate surface area is 173 Å². The van der Waals surface area contributed by atoms with E-state index in [9.17, 15) is 4.39 Å². The molecule has 0 saturated carbocycles. The maximum atomic E-state index is 13.8. The van der Waals surface area contributed by atoms with Crippen LogP contribution in [0.5, 0.6) is 5.75 Å². The third-order valence-corrected chi connectivity index (χ3v) is 4.45. The molecule has 0 aromatic heterocycles. The van der Waals surface area contributed by atoms with Gasteiger partial charge in [0.2, 0.25) is 0 Å². The fourth-order valence-corrected chi connectivity index (χ4v) is 2.87. The molecule has 0 radical (unpaired) electrons. The molecule has 0 bridgehead atoms. The van der Waals surface area contributed by atoms with E-state index in [4.69, 9.17) is 9.47 Å². The van der Waals surface area contributed by atoms with Gasteiger partial charge in [0.25, 0.3) is 0 Å². The summed E-state index contributed by atoms with van der Waals surface area (Å²) in [5.41, 5.74) is 1.64. The van der Waals surface area contributed by atoms with Gasteiger partial charge in [0, 0.05) is 25.2 Å². The molecule has 7 heteroatoms. The maximum absolute atomic E-state index is 13.8. The predicted molar refractivity (Wildman–Crippen MR) is 114 cm³/mol. The van der Waals surface area contributed by atoms with Crippen LogP contribution in [0.25, 0.3) is 0 Å². The highest BCUT2D eigenvalue weighted by molar-refractivity contribution is 14.0. The average molecular weight is 479 g/mol. The molecule has 0 spiro atoms. The molecule has 0 fully saturated rings. The average Bonchev–Trinajstić information content (AvgIpc) is 2.62. The van der Waals surface area contributed by atoms with Crippen molar-refractivity contribution >= 4 is 29.9 Å². The van der Waals surface area contributed by atoms with Crippen LogP contribution in [-0.4, -0.2) is 32.4 Å². The zero-order valence-electron chi connectivity index (χ0n) is 15.9. The summed E-state index contributed by atoms with van der Waals surface area (Å²) in [7, 11) is 0. The van der Waals surface area contributed by atoms with Crippen LogP contribution in [0.4, 0.5) is 4.39 Å². The van der Waals surface area contributed by atoms with E-state index in [0.717, 1.165) is 48.8 Å². The molecular weight excluding hydrogens is 448 g/mol. The highest BCUT2D eigenvalue weighted by Gasteiger charge is 2.16. The molecular formula is C19H31FIN3O2. The fraction of sp³-hybridized carbons (Fsp3) is 0.632. The highest BCUT2D eigenvalue weighted by atomic mass is 127. The SMILES string of the molecule is CCNC(=NCC(CC)CC)NCCc1cc(F)cc2c1OCOC2.I. The predicted octanol–water partition coefficient (Wildman–Crippen LogP) is 3.84. The van der Waals surface area contributed by atoms with Crippen molar-refractivity contribution in [2.24, 2.45) is 10.9 Å². The van der Waals surface area contributed by atoms with Crippen molar-refractivity contribution in [1.82, 2.24) is 10.6 Å². The summed E-state index contributed by atoms with van der Waals surface area (Å²) >= 11 is 0. The van der Waals surface area contributed by atoms with Gasteiger partial charge in [-0.3, -0.25) is 4.99 Å². The van der Waals surface area contributed by atoms with E-state index < -0.39 is 0 Å².